The Labute approximate surface area is 291 Å². The summed E-state index contributed by atoms with van der Waals surface area (Å²) in [4.78, 5) is 2.35. The molecule has 0 saturated heterocycles. The van der Waals surface area contributed by atoms with Gasteiger partial charge in [-0.3, -0.25) is 0 Å². The first-order valence-corrected chi connectivity index (χ1v) is 17.7. The molecular formula is C46H28N2OS. The van der Waals surface area contributed by atoms with E-state index in [0.717, 1.165) is 44.7 Å². The molecule has 3 heterocycles. The maximum absolute atomic E-state index is 6.38. The molecule has 0 spiro atoms. The van der Waals surface area contributed by atoms with Gasteiger partial charge in [0.2, 0.25) is 0 Å². The third kappa shape index (κ3) is 4.03. The lowest BCUT2D eigenvalue weighted by Crippen LogP contribution is -2.10. The van der Waals surface area contributed by atoms with E-state index in [2.05, 4.69) is 167 Å². The number of para-hydroxylation sites is 2. The molecule has 0 unspecified atom stereocenters. The fourth-order valence-electron chi connectivity index (χ4n) is 7.90. The van der Waals surface area contributed by atoms with Crippen LogP contribution in [0.1, 0.15) is 0 Å². The number of anilines is 3. The lowest BCUT2D eigenvalue weighted by molar-refractivity contribution is 0.669. The van der Waals surface area contributed by atoms with Crippen molar-refractivity contribution in [3.8, 4) is 5.69 Å². The van der Waals surface area contributed by atoms with Gasteiger partial charge in [-0.05, 0) is 72.1 Å². The van der Waals surface area contributed by atoms with Crippen molar-refractivity contribution >= 4 is 103 Å². The summed E-state index contributed by atoms with van der Waals surface area (Å²) in [5.74, 6) is 0. The molecule has 11 aromatic rings. The zero-order valence-corrected chi connectivity index (χ0v) is 27.7. The molecular weight excluding hydrogens is 629 g/mol. The molecule has 0 aliphatic carbocycles. The third-order valence-corrected chi connectivity index (χ3v) is 11.3. The summed E-state index contributed by atoms with van der Waals surface area (Å²) in [5, 5.41) is 9.87. The molecule has 0 bridgehead atoms. The first kappa shape index (κ1) is 27.6. The first-order chi connectivity index (χ1) is 24.8. The van der Waals surface area contributed by atoms with Gasteiger partial charge in [0, 0.05) is 75.9 Å². The summed E-state index contributed by atoms with van der Waals surface area (Å²) in [6.45, 7) is 0. The van der Waals surface area contributed by atoms with Crippen molar-refractivity contribution < 1.29 is 4.42 Å². The molecule has 0 aliphatic heterocycles. The topological polar surface area (TPSA) is 21.3 Å². The van der Waals surface area contributed by atoms with Gasteiger partial charge < -0.3 is 13.9 Å². The van der Waals surface area contributed by atoms with Crippen molar-refractivity contribution in [1.82, 2.24) is 4.57 Å². The van der Waals surface area contributed by atoms with E-state index in [0.29, 0.717) is 0 Å². The smallest absolute Gasteiger partial charge is 0.137 e. The zero-order chi connectivity index (χ0) is 32.8. The second kappa shape index (κ2) is 10.6. The van der Waals surface area contributed by atoms with Crippen LogP contribution in [0.25, 0.3) is 80.4 Å². The molecule has 234 valence electrons. The zero-order valence-electron chi connectivity index (χ0n) is 26.9. The second-order valence-electron chi connectivity index (χ2n) is 12.9. The van der Waals surface area contributed by atoms with Crippen LogP contribution in [0.4, 0.5) is 17.1 Å². The van der Waals surface area contributed by atoms with Gasteiger partial charge in [-0.25, -0.2) is 0 Å². The number of benzene rings is 8. The summed E-state index contributed by atoms with van der Waals surface area (Å²) in [5.41, 5.74) is 8.59. The number of aromatic nitrogens is 1. The van der Waals surface area contributed by atoms with Crippen LogP contribution in [-0.4, -0.2) is 4.57 Å². The highest BCUT2D eigenvalue weighted by molar-refractivity contribution is 7.25. The molecule has 3 nitrogen and oxygen atoms in total. The SMILES string of the molecule is c1ccc2c(c1)ccc1c3ccccc3n(-c3ccc(N(c4ccc5c(c4)oc4ccccc45)c4ccc5c(c4)sc4ccccc45)cc3)c21. The van der Waals surface area contributed by atoms with Crippen LogP contribution >= 0.6 is 11.3 Å². The largest absolute Gasteiger partial charge is 0.456 e. The minimum absolute atomic E-state index is 0.880. The Hall–Kier alpha value is -6.36. The van der Waals surface area contributed by atoms with Crippen LogP contribution in [0, 0.1) is 0 Å². The van der Waals surface area contributed by atoms with Crippen LogP contribution in [-0.2, 0) is 0 Å². The summed E-state index contributed by atoms with van der Waals surface area (Å²) >= 11 is 1.84. The highest BCUT2D eigenvalue weighted by atomic mass is 32.1. The average Bonchev–Trinajstić information content (AvgIpc) is 3.84. The second-order valence-corrected chi connectivity index (χ2v) is 14.0. The van der Waals surface area contributed by atoms with E-state index >= 15 is 0 Å². The van der Waals surface area contributed by atoms with Gasteiger partial charge in [0.05, 0.1) is 11.0 Å². The van der Waals surface area contributed by atoms with E-state index in [9.17, 15) is 0 Å². The van der Waals surface area contributed by atoms with Crippen molar-refractivity contribution in [3.05, 3.63) is 170 Å². The van der Waals surface area contributed by atoms with Gasteiger partial charge in [-0.15, -0.1) is 11.3 Å². The number of fused-ring (bicyclic) bond motifs is 11. The fourth-order valence-corrected chi connectivity index (χ4v) is 9.04. The molecule has 50 heavy (non-hydrogen) atoms. The quantitative estimate of drug-likeness (QED) is 0.188. The highest BCUT2D eigenvalue weighted by Gasteiger charge is 2.19. The highest BCUT2D eigenvalue weighted by Crippen LogP contribution is 2.43. The number of rotatable bonds is 4. The van der Waals surface area contributed by atoms with Gasteiger partial charge in [0.15, 0.2) is 0 Å². The van der Waals surface area contributed by atoms with Gasteiger partial charge in [-0.1, -0.05) is 97.1 Å². The predicted molar refractivity (Wildman–Crippen MR) is 213 cm³/mol. The first-order valence-electron chi connectivity index (χ1n) is 16.9. The third-order valence-electron chi connectivity index (χ3n) is 10.2. The summed E-state index contributed by atoms with van der Waals surface area (Å²) in [6, 6.07) is 61.3. The van der Waals surface area contributed by atoms with E-state index < -0.39 is 0 Å². The van der Waals surface area contributed by atoms with Crippen LogP contribution in [0.15, 0.2) is 174 Å². The normalized spacial score (nSPS) is 12.0. The summed E-state index contributed by atoms with van der Waals surface area (Å²) < 4.78 is 11.4. The Bertz CT molecular complexity index is 2990. The Morgan fingerprint density at radius 1 is 0.420 bits per heavy atom. The van der Waals surface area contributed by atoms with Gasteiger partial charge >= 0.3 is 0 Å². The van der Waals surface area contributed by atoms with Crippen molar-refractivity contribution in [2.45, 2.75) is 0 Å². The molecule has 4 heteroatoms. The maximum Gasteiger partial charge on any atom is 0.137 e. The van der Waals surface area contributed by atoms with Crippen LogP contribution < -0.4 is 4.90 Å². The fraction of sp³-hybridized carbons (Fsp3) is 0. The van der Waals surface area contributed by atoms with E-state index in [1.165, 1.54) is 52.8 Å². The number of hydrogen-bond acceptors (Lipinski definition) is 3. The van der Waals surface area contributed by atoms with Crippen LogP contribution in [0.5, 0.6) is 0 Å². The lowest BCUT2D eigenvalue weighted by Gasteiger charge is -2.26. The van der Waals surface area contributed by atoms with E-state index in [4.69, 9.17) is 4.42 Å². The van der Waals surface area contributed by atoms with Gasteiger partial charge in [0.25, 0.3) is 0 Å². The summed E-state index contributed by atoms with van der Waals surface area (Å²) in [7, 11) is 0. The predicted octanol–water partition coefficient (Wildman–Crippen LogP) is 13.7. The van der Waals surface area contributed by atoms with Crippen molar-refractivity contribution in [1.29, 1.82) is 0 Å². The Morgan fingerprint density at radius 2 is 1.04 bits per heavy atom. The van der Waals surface area contributed by atoms with Crippen LogP contribution in [0.3, 0.4) is 0 Å². The maximum atomic E-state index is 6.38. The molecule has 0 amide bonds. The van der Waals surface area contributed by atoms with E-state index in [1.807, 2.05) is 23.5 Å². The van der Waals surface area contributed by atoms with Crippen molar-refractivity contribution in [2.75, 3.05) is 4.90 Å². The molecule has 0 fully saturated rings. The number of nitrogens with zero attached hydrogens (tertiary/aromatic N) is 2. The average molecular weight is 657 g/mol. The van der Waals surface area contributed by atoms with Crippen molar-refractivity contribution in [3.63, 3.8) is 0 Å². The van der Waals surface area contributed by atoms with Crippen molar-refractivity contribution in [2.24, 2.45) is 0 Å². The molecule has 0 saturated carbocycles. The van der Waals surface area contributed by atoms with Crippen LogP contribution in [0.2, 0.25) is 0 Å². The summed E-state index contributed by atoms with van der Waals surface area (Å²) in [6.07, 6.45) is 0. The standard InChI is InChI=1S/C46H28N2OS/c1-2-10-34-29(9-1)17-24-40-35-11-3-6-14-41(35)48(46(34)40)31-20-18-30(19-21-31)47(32-22-25-37-36-12-4-7-15-42(36)49-43(37)27-32)33-23-26-39-38-13-5-8-16-44(38)50-45(39)28-33/h1-28H. The lowest BCUT2D eigenvalue weighted by atomic mass is 10.1. The Morgan fingerprint density at radius 3 is 1.92 bits per heavy atom. The van der Waals surface area contributed by atoms with E-state index in [1.54, 1.807) is 0 Å². The monoisotopic (exact) mass is 656 g/mol. The Balaban J connectivity index is 1.11. The number of hydrogen-bond donors (Lipinski definition) is 0. The molecule has 0 N–H and O–H groups in total. The van der Waals surface area contributed by atoms with E-state index in [-0.39, 0.29) is 0 Å². The molecule has 11 rings (SSSR count). The minimum Gasteiger partial charge on any atom is -0.456 e. The molecule has 0 aliphatic rings. The Kier molecular flexibility index (Phi) is 5.83. The number of thiophene rings is 1. The van der Waals surface area contributed by atoms with Gasteiger partial charge in [0.1, 0.15) is 11.2 Å². The number of furan rings is 1. The molecule has 0 radical (unpaired) electrons. The van der Waals surface area contributed by atoms with Gasteiger partial charge in [-0.2, -0.15) is 0 Å². The molecule has 3 aromatic heterocycles. The molecule has 8 aromatic carbocycles. The minimum atomic E-state index is 0.880. The molecule has 0 atom stereocenters.